The zero-order chi connectivity index (χ0) is 14.0. The van der Waals surface area contributed by atoms with Crippen molar-refractivity contribution in [3.63, 3.8) is 0 Å². The number of benzene rings is 1. The highest BCUT2D eigenvalue weighted by atomic mass is 35.5. The van der Waals surface area contributed by atoms with Crippen LogP contribution in [0.25, 0.3) is 0 Å². The molecule has 0 spiro atoms. The second kappa shape index (κ2) is 5.87. The average molecular weight is 301 g/mol. The van der Waals surface area contributed by atoms with E-state index >= 15 is 0 Å². The molecule has 0 bridgehead atoms. The Bertz CT molecular complexity index is 578. The quantitative estimate of drug-likeness (QED) is 0.911. The molecule has 0 saturated carbocycles. The normalized spacial score (nSPS) is 12.5. The molecule has 102 valence electrons. The molecule has 1 aromatic carbocycles. The van der Waals surface area contributed by atoms with Crippen molar-refractivity contribution in [2.45, 2.75) is 20.0 Å². The van der Waals surface area contributed by atoms with Crippen LogP contribution in [0.15, 0.2) is 28.7 Å². The fraction of sp³-hybridized carbons (Fsp3) is 0.286. The largest absolute Gasteiger partial charge is 0.492 e. The molecule has 1 N–H and O–H groups in total. The summed E-state index contributed by atoms with van der Waals surface area (Å²) in [7, 11) is 0. The van der Waals surface area contributed by atoms with E-state index in [1.54, 1.807) is 24.3 Å². The van der Waals surface area contributed by atoms with Gasteiger partial charge >= 0.3 is 0 Å². The summed E-state index contributed by atoms with van der Waals surface area (Å²) in [5.41, 5.74) is 0.490. The number of aliphatic hydroxyl groups excluding tert-OH is 1. The molecule has 1 aromatic heterocycles. The number of aryl methyl sites for hydroxylation is 1. The highest BCUT2D eigenvalue weighted by Crippen LogP contribution is 2.36. The standard InChI is InChI=1S/C14H14Cl2O3/c1-3-18-13-7-10(15)9(6-11(13)16)14(17)12-5-4-8(2)19-12/h4-7,14,17H,3H2,1-2H3. The van der Waals surface area contributed by atoms with Gasteiger partial charge in [0.05, 0.1) is 16.7 Å². The lowest BCUT2D eigenvalue weighted by Crippen LogP contribution is -2.01. The first-order valence-electron chi connectivity index (χ1n) is 5.89. The van der Waals surface area contributed by atoms with Gasteiger partial charge in [0.2, 0.25) is 0 Å². The summed E-state index contributed by atoms with van der Waals surface area (Å²) in [5, 5.41) is 11.0. The topological polar surface area (TPSA) is 42.6 Å². The lowest BCUT2D eigenvalue weighted by atomic mass is 10.1. The van der Waals surface area contributed by atoms with E-state index in [0.29, 0.717) is 33.7 Å². The van der Waals surface area contributed by atoms with Gasteiger partial charge in [-0.05, 0) is 32.0 Å². The van der Waals surface area contributed by atoms with E-state index < -0.39 is 6.10 Å². The van der Waals surface area contributed by atoms with Crippen LogP contribution in [0.4, 0.5) is 0 Å². The summed E-state index contributed by atoms with van der Waals surface area (Å²) in [5.74, 6) is 1.66. The Hall–Kier alpha value is -1.16. The van der Waals surface area contributed by atoms with Gasteiger partial charge in [0, 0.05) is 11.6 Å². The van der Waals surface area contributed by atoms with Crippen LogP contribution < -0.4 is 4.74 Å². The van der Waals surface area contributed by atoms with Crippen molar-refractivity contribution in [3.8, 4) is 5.75 Å². The maximum Gasteiger partial charge on any atom is 0.139 e. The van der Waals surface area contributed by atoms with Gasteiger partial charge in [-0.3, -0.25) is 0 Å². The first-order valence-corrected chi connectivity index (χ1v) is 6.64. The molecule has 19 heavy (non-hydrogen) atoms. The van der Waals surface area contributed by atoms with Crippen molar-refractivity contribution in [2.75, 3.05) is 6.61 Å². The molecule has 1 unspecified atom stereocenters. The minimum absolute atomic E-state index is 0.384. The van der Waals surface area contributed by atoms with Crippen LogP contribution in [0.3, 0.4) is 0 Å². The van der Waals surface area contributed by atoms with Gasteiger partial charge in [0.25, 0.3) is 0 Å². The van der Waals surface area contributed by atoms with Gasteiger partial charge in [-0.2, -0.15) is 0 Å². The fourth-order valence-corrected chi connectivity index (χ4v) is 2.26. The van der Waals surface area contributed by atoms with Crippen molar-refractivity contribution in [1.82, 2.24) is 0 Å². The Balaban J connectivity index is 2.37. The zero-order valence-corrected chi connectivity index (χ0v) is 12.1. The monoisotopic (exact) mass is 300 g/mol. The van der Waals surface area contributed by atoms with Crippen LogP contribution in [0, 0.1) is 6.92 Å². The Morgan fingerprint density at radius 3 is 2.58 bits per heavy atom. The van der Waals surface area contributed by atoms with Crippen molar-refractivity contribution >= 4 is 23.2 Å². The maximum atomic E-state index is 10.3. The summed E-state index contributed by atoms with van der Waals surface area (Å²) in [6.45, 7) is 4.16. The van der Waals surface area contributed by atoms with Crippen LogP contribution in [-0.2, 0) is 0 Å². The average Bonchev–Trinajstić information content (AvgIpc) is 2.79. The molecule has 0 aliphatic rings. The highest BCUT2D eigenvalue weighted by molar-refractivity contribution is 6.34. The van der Waals surface area contributed by atoms with E-state index in [2.05, 4.69) is 0 Å². The number of rotatable bonds is 4. The number of aliphatic hydroxyl groups is 1. The zero-order valence-electron chi connectivity index (χ0n) is 10.6. The summed E-state index contributed by atoms with van der Waals surface area (Å²) in [6.07, 6.45) is -0.950. The van der Waals surface area contributed by atoms with E-state index in [0.717, 1.165) is 5.76 Å². The Morgan fingerprint density at radius 1 is 1.26 bits per heavy atom. The predicted octanol–water partition coefficient (Wildman–Crippen LogP) is 4.38. The minimum Gasteiger partial charge on any atom is -0.492 e. The van der Waals surface area contributed by atoms with Gasteiger partial charge in [-0.1, -0.05) is 23.2 Å². The number of hydrogen-bond acceptors (Lipinski definition) is 3. The van der Waals surface area contributed by atoms with Gasteiger partial charge in [0.1, 0.15) is 23.4 Å². The molecule has 1 heterocycles. The van der Waals surface area contributed by atoms with E-state index in [9.17, 15) is 5.11 Å². The van der Waals surface area contributed by atoms with E-state index in [1.165, 1.54) is 0 Å². The molecule has 0 saturated heterocycles. The molecule has 0 aliphatic carbocycles. The second-order valence-electron chi connectivity index (χ2n) is 4.09. The van der Waals surface area contributed by atoms with Crippen molar-refractivity contribution in [3.05, 3.63) is 51.4 Å². The lowest BCUT2D eigenvalue weighted by Gasteiger charge is -2.13. The molecule has 5 heteroatoms. The van der Waals surface area contributed by atoms with Crippen LogP contribution in [0.5, 0.6) is 5.75 Å². The Kier molecular flexibility index (Phi) is 4.40. The number of ether oxygens (including phenoxy) is 1. The van der Waals surface area contributed by atoms with Crippen LogP contribution in [0.1, 0.15) is 30.1 Å². The molecule has 0 radical (unpaired) electrons. The van der Waals surface area contributed by atoms with Gasteiger partial charge in [0.15, 0.2) is 0 Å². The lowest BCUT2D eigenvalue weighted by molar-refractivity contribution is 0.187. The smallest absolute Gasteiger partial charge is 0.139 e. The van der Waals surface area contributed by atoms with Crippen LogP contribution in [0.2, 0.25) is 10.0 Å². The van der Waals surface area contributed by atoms with E-state index in [-0.39, 0.29) is 0 Å². The van der Waals surface area contributed by atoms with Gasteiger partial charge in [-0.25, -0.2) is 0 Å². The summed E-state index contributed by atoms with van der Waals surface area (Å²) >= 11 is 12.2. The first kappa shape index (κ1) is 14.3. The second-order valence-corrected chi connectivity index (χ2v) is 4.90. The summed E-state index contributed by atoms with van der Waals surface area (Å²) in [6, 6.07) is 6.68. The molecule has 1 atom stereocenters. The van der Waals surface area contributed by atoms with Crippen LogP contribution >= 0.6 is 23.2 Å². The molecular formula is C14H14Cl2O3. The Labute approximate surface area is 121 Å². The van der Waals surface area contributed by atoms with E-state index in [1.807, 2.05) is 13.8 Å². The van der Waals surface area contributed by atoms with Gasteiger partial charge in [-0.15, -0.1) is 0 Å². The maximum absolute atomic E-state index is 10.3. The molecule has 2 aromatic rings. The minimum atomic E-state index is -0.950. The molecule has 0 fully saturated rings. The third-order valence-electron chi connectivity index (χ3n) is 2.68. The fourth-order valence-electron chi connectivity index (χ4n) is 1.77. The van der Waals surface area contributed by atoms with Gasteiger partial charge < -0.3 is 14.3 Å². The summed E-state index contributed by atoms with van der Waals surface area (Å²) in [4.78, 5) is 0. The Morgan fingerprint density at radius 2 is 2.00 bits per heavy atom. The first-order chi connectivity index (χ1) is 9.02. The van der Waals surface area contributed by atoms with Crippen molar-refractivity contribution < 1.29 is 14.3 Å². The van der Waals surface area contributed by atoms with Crippen LogP contribution in [-0.4, -0.2) is 11.7 Å². The highest BCUT2D eigenvalue weighted by Gasteiger charge is 2.19. The number of halogens is 2. The molecule has 2 rings (SSSR count). The summed E-state index contributed by atoms with van der Waals surface area (Å²) < 4.78 is 10.7. The third kappa shape index (κ3) is 3.06. The molecule has 0 amide bonds. The number of hydrogen-bond donors (Lipinski definition) is 1. The van der Waals surface area contributed by atoms with Crippen molar-refractivity contribution in [2.24, 2.45) is 0 Å². The molecular weight excluding hydrogens is 287 g/mol. The van der Waals surface area contributed by atoms with E-state index in [4.69, 9.17) is 32.4 Å². The molecule has 3 nitrogen and oxygen atoms in total. The van der Waals surface area contributed by atoms with Crippen molar-refractivity contribution in [1.29, 1.82) is 0 Å². The predicted molar refractivity (Wildman–Crippen MR) is 75.1 cm³/mol. The number of furan rings is 1. The molecule has 0 aliphatic heterocycles. The third-order valence-corrected chi connectivity index (χ3v) is 3.30. The SMILES string of the molecule is CCOc1cc(Cl)c(C(O)c2ccc(C)o2)cc1Cl.